The van der Waals surface area contributed by atoms with Crippen molar-refractivity contribution in [2.24, 2.45) is 0 Å². The number of nitrogens with one attached hydrogen (secondary N) is 2. The van der Waals surface area contributed by atoms with Crippen molar-refractivity contribution in [3.63, 3.8) is 0 Å². The van der Waals surface area contributed by atoms with Crippen LogP contribution in [0.5, 0.6) is 5.75 Å². The zero-order chi connectivity index (χ0) is 23.2. The molecule has 176 valence electrons. The number of fused-ring (bicyclic) bond motifs is 5. The summed E-state index contributed by atoms with van der Waals surface area (Å²) in [6, 6.07) is 14.7. The maximum Gasteiger partial charge on any atom is 0.323 e. The molecule has 4 atom stereocenters. The summed E-state index contributed by atoms with van der Waals surface area (Å²) in [5.41, 5.74) is 2.50. The highest BCUT2D eigenvalue weighted by Crippen LogP contribution is 2.43. The second-order valence-electron chi connectivity index (χ2n) is 9.07. The number of carbonyl (C=O) groups excluding carboxylic acids is 1. The summed E-state index contributed by atoms with van der Waals surface area (Å²) in [7, 11) is 3.67. The number of methoxy groups -OCH3 is 1. The van der Waals surface area contributed by atoms with Gasteiger partial charge in [-0.15, -0.1) is 0 Å². The number of benzene rings is 2. The molecule has 0 radical (unpaired) electrons. The Bertz CT molecular complexity index is 995. The van der Waals surface area contributed by atoms with Crippen molar-refractivity contribution in [2.75, 3.05) is 31.3 Å². The second-order valence-corrected chi connectivity index (χ2v) is 9.07. The van der Waals surface area contributed by atoms with Crippen molar-refractivity contribution >= 4 is 17.4 Å². The van der Waals surface area contributed by atoms with Crippen LogP contribution in [0.25, 0.3) is 0 Å². The highest BCUT2D eigenvalue weighted by atomic mass is 16.8. The van der Waals surface area contributed by atoms with Gasteiger partial charge in [0.1, 0.15) is 24.1 Å². The third-order valence-electron chi connectivity index (χ3n) is 6.21. The topological polar surface area (TPSA) is 84.5 Å². The number of carbonyl (C=O) groups is 1. The first-order valence-corrected chi connectivity index (χ1v) is 11.1. The van der Waals surface area contributed by atoms with E-state index in [1.54, 1.807) is 31.4 Å². The van der Waals surface area contributed by atoms with E-state index in [1.807, 2.05) is 38.1 Å². The number of rotatable bonds is 5. The lowest BCUT2D eigenvalue weighted by Crippen LogP contribution is -2.55. The minimum absolute atomic E-state index is 0.0128. The highest BCUT2D eigenvalue weighted by Gasteiger charge is 2.59. The zero-order valence-electron chi connectivity index (χ0n) is 19.3. The molecule has 0 unspecified atom stereocenters. The second kappa shape index (κ2) is 8.58. The smallest absolute Gasteiger partial charge is 0.323 e. The fraction of sp³-hybridized carbons (Fsp3) is 0.458. The van der Waals surface area contributed by atoms with Crippen LogP contribution in [0.4, 0.5) is 16.2 Å². The molecule has 3 aliphatic rings. The lowest BCUT2D eigenvalue weighted by atomic mass is 10.1. The van der Waals surface area contributed by atoms with E-state index in [0.29, 0.717) is 17.9 Å². The van der Waals surface area contributed by atoms with Crippen LogP contribution in [0.3, 0.4) is 0 Å². The Hall–Kier alpha value is -2.69. The Labute approximate surface area is 193 Å². The number of likely N-dealkylation sites (N-methyl/N-ethyl adjacent to an activating group) is 1. The summed E-state index contributed by atoms with van der Waals surface area (Å²) >= 11 is 0. The molecule has 2 N–H and O–H groups in total. The fourth-order valence-corrected chi connectivity index (χ4v) is 4.66. The predicted molar refractivity (Wildman–Crippen MR) is 123 cm³/mol. The molecule has 9 nitrogen and oxygen atoms in total. The van der Waals surface area contributed by atoms with Crippen LogP contribution in [0.1, 0.15) is 19.4 Å². The molecular weight excluding hydrogens is 424 g/mol. The van der Waals surface area contributed by atoms with Gasteiger partial charge in [-0.1, -0.05) is 12.1 Å². The van der Waals surface area contributed by atoms with Gasteiger partial charge in [0, 0.05) is 31.5 Å². The molecule has 0 saturated carbocycles. The molecule has 9 heteroatoms. The Morgan fingerprint density at radius 1 is 1.03 bits per heavy atom. The number of nitrogens with zero attached hydrogens (tertiary/aromatic N) is 2. The monoisotopic (exact) mass is 454 g/mol. The minimum atomic E-state index is -0.586. The number of urea groups is 1. The van der Waals surface area contributed by atoms with Gasteiger partial charge in [-0.2, -0.15) is 0 Å². The van der Waals surface area contributed by atoms with E-state index < -0.39 is 5.79 Å². The van der Waals surface area contributed by atoms with Gasteiger partial charge in [-0.3, -0.25) is 0 Å². The molecule has 2 bridgehead atoms. The molecule has 3 heterocycles. The van der Waals surface area contributed by atoms with Crippen LogP contribution < -0.4 is 15.4 Å². The number of ether oxygens (including phenoxy) is 4. The number of anilines is 2. The average Bonchev–Trinajstić information content (AvgIpc) is 3.24. The van der Waals surface area contributed by atoms with Gasteiger partial charge in [0.05, 0.1) is 7.11 Å². The predicted octanol–water partition coefficient (Wildman–Crippen LogP) is 3.25. The minimum Gasteiger partial charge on any atom is -0.497 e. The van der Waals surface area contributed by atoms with Gasteiger partial charge in [0.25, 0.3) is 0 Å². The van der Waals surface area contributed by atoms with Gasteiger partial charge in [-0.25, -0.2) is 14.8 Å². The molecule has 0 aromatic heterocycles. The third-order valence-corrected chi connectivity index (χ3v) is 6.21. The van der Waals surface area contributed by atoms with Crippen LogP contribution in [0.15, 0.2) is 48.5 Å². The number of hydrogen-bond acceptors (Lipinski definition) is 7. The Morgan fingerprint density at radius 2 is 1.64 bits per heavy atom. The molecule has 2 aromatic carbocycles. The molecule has 33 heavy (non-hydrogen) atoms. The van der Waals surface area contributed by atoms with E-state index in [-0.39, 0.29) is 30.6 Å². The number of hydrogen-bond donors (Lipinski definition) is 2. The molecule has 0 spiro atoms. The molecule has 5 rings (SSSR count). The third kappa shape index (κ3) is 4.55. The molecule has 2 amide bonds. The quantitative estimate of drug-likeness (QED) is 0.718. The fourth-order valence-electron chi connectivity index (χ4n) is 4.66. The van der Waals surface area contributed by atoms with Gasteiger partial charge < -0.3 is 29.6 Å². The first-order valence-electron chi connectivity index (χ1n) is 11.1. The van der Waals surface area contributed by atoms with Crippen LogP contribution in [0, 0.1) is 0 Å². The van der Waals surface area contributed by atoms with Crippen molar-refractivity contribution in [3.8, 4) is 5.75 Å². The number of amides is 2. The normalized spacial score (nSPS) is 28.4. The van der Waals surface area contributed by atoms with Crippen molar-refractivity contribution in [2.45, 2.75) is 50.7 Å². The van der Waals surface area contributed by atoms with Crippen LogP contribution in [0.2, 0.25) is 0 Å². The summed E-state index contributed by atoms with van der Waals surface area (Å²) in [6.07, 6.45) is -0.335. The maximum absolute atomic E-state index is 12.3. The Balaban J connectivity index is 1.19. The Kier molecular flexibility index (Phi) is 5.75. The first-order chi connectivity index (χ1) is 15.8. The van der Waals surface area contributed by atoms with Crippen LogP contribution in [-0.4, -0.2) is 67.1 Å². The van der Waals surface area contributed by atoms with E-state index in [0.717, 1.165) is 17.9 Å². The largest absolute Gasteiger partial charge is 0.497 e. The van der Waals surface area contributed by atoms with E-state index in [1.165, 1.54) is 0 Å². The standard InChI is InChI=1S/C24H30N4O5/c1-24(2)32-20-19-14-27(3)28(22(31-19)21(20)33-24)13-15-5-7-16(8-6-15)25-23(29)26-17-9-11-18(30-4)12-10-17/h5-12,19-22H,13-14H2,1-4H3,(H2,25,26,29)/t19-,20-,21-,22-/m1/s1. The van der Waals surface area contributed by atoms with Gasteiger partial charge >= 0.3 is 6.03 Å². The summed E-state index contributed by atoms with van der Waals surface area (Å²) in [5.74, 6) is 0.150. The van der Waals surface area contributed by atoms with Gasteiger partial charge in [0.15, 0.2) is 12.0 Å². The molecular formula is C24H30N4O5. The molecule has 3 aliphatic heterocycles. The summed E-state index contributed by atoms with van der Waals surface area (Å²) in [4.78, 5) is 12.3. The van der Waals surface area contributed by atoms with Crippen molar-refractivity contribution < 1.29 is 23.7 Å². The summed E-state index contributed by atoms with van der Waals surface area (Å²) in [5, 5.41) is 10.0. The lowest BCUT2D eigenvalue weighted by Gasteiger charge is -2.42. The average molecular weight is 455 g/mol. The van der Waals surface area contributed by atoms with Crippen LogP contribution in [-0.2, 0) is 20.8 Å². The van der Waals surface area contributed by atoms with E-state index in [4.69, 9.17) is 18.9 Å². The van der Waals surface area contributed by atoms with Crippen molar-refractivity contribution in [1.29, 1.82) is 0 Å². The maximum atomic E-state index is 12.3. The van der Waals surface area contributed by atoms with Crippen LogP contribution >= 0.6 is 0 Å². The van der Waals surface area contributed by atoms with Gasteiger partial charge in [0.2, 0.25) is 0 Å². The van der Waals surface area contributed by atoms with E-state index >= 15 is 0 Å². The first kappa shape index (κ1) is 22.1. The van der Waals surface area contributed by atoms with E-state index in [9.17, 15) is 4.79 Å². The molecule has 3 fully saturated rings. The van der Waals surface area contributed by atoms with Gasteiger partial charge in [-0.05, 0) is 55.8 Å². The summed E-state index contributed by atoms with van der Waals surface area (Å²) in [6.45, 7) is 5.32. The molecule has 2 aromatic rings. The zero-order valence-corrected chi connectivity index (χ0v) is 19.3. The van der Waals surface area contributed by atoms with E-state index in [2.05, 4.69) is 27.7 Å². The highest BCUT2D eigenvalue weighted by molar-refractivity contribution is 5.99. The van der Waals surface area contributed by atoms with Crippen molar-refractivity contribution in [1.82, 2.24) is 10.0 Å². The molecule has 3 saturated heterocycles. The van der Waals surface area contributed by atoms with Crippen molar-refractivity contribution in [3.05, 3.63) is 54.1 Å². The Morgan fingerprint density at radius 3 is 2.27 bits per heavy atom. The lowest BCUT2D eigenvalue weighted by molar-refractivity contribution is -0.267. The SMILES string of the molecule is COc1ccc(NC(=O)Nc2ccc(CN3[C@@H]4O[C@H](CN3C)[C@H]3OC(C)(C)O[C@H]34)cc2)cc1. The molecule has 0 aliphatic carbocycles. The summed E-state index contributed by atoms with van der Waals surface area (Å²) < 4.78 is 23.6. The number of hydrazine groups is 1.